The van der Waals surface area contributed by atoms with Crippen LogP contribution in [0, 0.1) is 0 Å². The molecule has 0 saturated heterocycles. The largest absolute Gasteiger partial charge is 0.494 e. The highest BCUT2D eigenvalue weighted by atomic mass is 16.5. The van der Waals surface area contributed by atoms with Crippen LogP contribution < -0.4 is 10.1 Å². The van der Waals surface area contributed by atoms with Crippen molar-refractivity contribution in [2.75, 3.05) is 12.4 Å². The number of carbonyl (C=O) groups is 1. The third-order valence-electron chi connectivity index (χ3n) is 3.92. The molecule has 3 aromatic rings. The molecule has 126 valence electrons. The standard InChI is InChI=1S/C16H15N7O2/c1-25-14-6-12(23-9-19-21-22-23)4-5-13(14)20-16(24)11-7-17-15(18-8-11)10-2-3-10/h4-10H,2-3H2,1H3,(H,20,24). The Balaban J connectivity index is 1.53. The molecule has 1 aromatic carbocycles. The lowest BCUT2D eigenvalue weighted by atomic mass is 10.2. The molecule has 0 radical (unpaired) electrons. The molecule has 1 saturated carbocycles. The highest BCUT2D eigenvalue weighted by Crippen LogP contribution is 2.37. The first-order valence-electron chi connectivity index (χ1n) is 7.79. The monoisotopic (exact) mass is 337 g/mol. The minimum absolute atomic E-state index is 0.296. The van der Waals surface area contributed by atoms with Crippen LogP contribution in [-0.4, -0.2) is 43.2 Å². The molecule has 0 bridgehead atoms. The van der Waals surface area contributed by atoms with Gasteiger partial charge in [0.25, 0.3) is 5.91 Å². The quantitative estimate of drug-likeness (QED) is 0.753. The van der Waals surface area contributed by atoms with Crippen molar-refractivity contribution in [2.45, 2.75) is 18.8 Å². The maximum atomic E-state index is 12.4. The first-order valence-corrected chi connectivity index (χ1v) is 7.79. The van der Waals surface area contributed by atoms with E-state index in [2.05, 4.69) is 30.8 Å². The van der Waals surface area contributed by atoms with Gasteiger partial charge in [0, 0.05) is 24.4 Å². The summed E-state index contributed by atoms with van der Waals surface area (Å²) in [4.78, 5) is 20.9. The number of carbonyl (C=O) groups excluding carboxylic acids is 1. The SMILES string of the molecule is COc1cc(-n2cnnn2)ccc1NC(=O)c1cnc(C2CC2)nc1. The van der Waals surface area contributed by atoms with Gasteiger partial charge in [-0.2, -0.15) is 0 Å². The van der Waals surface area contributed by atoms with E-state index >= 15 is 0 Å². The highest BCUT2D eigenvalue weighted by Gasteiger charge is 2.26. The van der Waals surface area contributed by atoms with Gasteiger partial charge in [-0.25, -0.2) is 14.6 Å². The van der Waals surface area contributed by atoms with Crippen LogP contribution in [0.5, 0.6) is 5.75 Å². The third kappa shape index (κ3) is 3.16. The second-order valence-corrected chi connectivity index (χ2v) is 5.70. The smallest absolute Gasteiger partial charge is 0.258 e. The zero-order valence-electron chi connectivity index (χ0n) is 13.5. The molecule has 0 atom stereocenters. The average molecular weight is 337 g/mol. The summed E-state index contributed by atoms with van der Waals surface area (Å²) >= 11 is 0. The number of amides is 1. The molecule has 1 N–H and O–H groups in total. The van der Waals surface area contributed by atoms with Crippen molar-refractivity contribution in [3.8, 4) is 11.4 Å². The maximum Gasteiger partial charge on any atom is 0.258 e. The van der Waals surface area contributed by atoms with Crippen LogP contribution in [0.1, 0.15) is 34.9 Å². The number of tetrazole rings is 1. The van der Waals surface area contributed by atoms with E-state index in [1.807, 2.05) is 0 Å². The summed E-state index contributed by atoms with van der Waals surface area (Å²) in [6.07, 6.45) is 6.83. The second-order valence-electron chi connectivity index (χ2n) is 5.70. The van der Waals surface area contributed by atoms with E-state index in [0.29, 0.717) is 22.9 Å². The molecule has 25 heavy (non-hydrogen) atoms. The van der Waals surface area contributed by atoms with Crippen LogP contribution in [0.3, 0.4) is 0 Å². The molecule has 0 unspecified atom stereocenters. The summed E-state index contributed by atoms with van der Waals surface area (Å²) in [5.41, 5.74) is 1.66. The summed E-state index contributed by atoms with van der Waals surface area (Å²) in [5, 5.41) is 13.8. The zero-order valence-corrected chi connectivity index (χ0v) is 13.5. The lowest BCUT2D eigenvalue weighted by molar-refractivity contribution is 0.102. The van der Waals surface area contributed by atoms with Gasteiger partial charge >= 0.3 is 0 Å². The van der Waals surface area contributed by atoms with Gasteiger partial charge in [-0.1, -0.05) is 0 Å². The number of hydrogen-bond acceptors (Lipinski definition) is 7. The number of rotatable bonds is 5. The van der Waals surface area contributed by atoms with Gasteiger partial charge in [0.2, 0.25) is 0 Å². The van der Waals surface area contributed by atoms with E-state index in [9.17, 15) is 4.79 Å². The predicted molar refractivity (Wildman–Crippen MR) is 87.7 cm³/mol. The van der Waals surface area contributed by atoms with Crippen LogP contribution in [0.2, 0.25) is 0 Å². The molecular weight excluding hydrogens is 322 g/mol. The summed E-state index contributed by atoms with van der Waals surface area (Å²) in [5.74, 6) is 1.46. The van der Waals surface area contributed by atoms with Crippen LogP contribution in [-0.2, 0) is 0 Å². The molecule has 4 rings (SSSR count). The highest BCUT2D eigenvalue weighted by molar-refractivity contribution is 6.04. The Labute approximate surface area is 143 Å². The van der Waals surface area contributed by atoms with E-state index in [-0.39, 0.29) is 5.91 Å². The second kappa shape index (κ2) is 6.27. The van der Waals surface area contributed by atoms with Crippen LogP contribution >= 0.6 is 0 Å². The Bertz CT molecular complexity index is 889. The van der Waals surface area contributed by atoms with Gasteiger partial charge in [-0.05, 0) is 35.4 Å². The molecule has 2 aromatic heterocycles. The molecule has 1 aliphatic carbocycles. The zero-order chi connectivity index (χ0) is 17.2. The number of aromatic nitrogens is 6. The van der Waals surface area contributed by atoms with E-state index in [1.54, 1.807) is 30.6 Å². The number of nitrogens with one attached hydrogen (secondary N) is 1. The van der Waals surface area contributed by atoms with Crippen molar-refractivity contribution in [3.63, 3.8) is 0 Å². The molecule has 1 amide bonds. The fraction of sp³-hybridized carbons (Fsp3) is 0.250. The third-order valence-corrected chi connectivity index (χ3v) is 3.92. The van der Waals surface area contributed by atoms with Gasteiger partial charge in [0.1, 0.15) is 17.9 Å². The molecule has 1 aliphatic rings. The number of hydrogen-bond donors (Lipinski definition) is 1. The molecule has 9 heteroatoms. The van der Waals surface area contributed by atoms with E-state index in [1.165, 1.54) is 18.1 Å². The number of ether oxygens (including phenoxy) is 1. The number of benzene rings is 1. The van der Waals surface area contributed by atoms with Crippen LogP contribution in [0.15, 0.2) is 36.9 Å². The van der Waals surface area contributed by atoms with Crippen LogP contribution in [0.25, 0.3) is 5.69 Å². The Hall–Kier alpha value is -3.36. The average Bonchev–Trinajstić information content (AvgIpc) is 3.36. The van der Waals surface area contributed by atoms with Gasteiger partial charge in [0.15, 0.2) is 0 Å². The number of methoxy groups -OCH3 is 1. The fourth-order valence-electron chi connectivity index (χ4n) is 2.41. The number of anilines is 1. The molecule has 0 aliphatic heterocycles. The Kier molecular flexibility index (Phi) is 3.81. The fourth-order valence-corrected chi connectivity index (χ4v) is 2.41. The summed E-state index contributed by atoms with van der Waals surface area (Å²) in [6, 6.07) is 5.24. The summed E-state index contributed by atoms with van der Waals surface area (Å²) in [7, 11) is 1.53. The predicted octanol–water partition coefficient (Wildman–Crippen LogP) is 1.59. The van der Waals surface area contributed by atoms with E-state index < -0.39 is 0 Å². The van der Waals surface area contributed by atoms with Crippen molar-refractivity contribution < 1.29 is 9.53 Å². The van der Waals surface area contributed by atoms with Gasteiger partial charge in [-0.3, -0.25) is 4.79 Å². The van der Waals surface area contributed by atoms with Gasteiger partial charge in [0.05, 0.1) is 24.0 Å². The van der Waals surface area contributed by atoms with Crippen LogP contribution in [0.4, 0.5) is 5.69 Å². The Morgan fingerprint density at radius 2 is 2.08 bits per heavy atom. The Morgan fingerprint density at radius 3 is 2.72 bits per heavy atom. The van der Waals surface area contributed by atoms with Crippen molar-refractivity contribution in [1.29, 1.82) is 0 Å². The van der Waals surface area contributed by atoms with Crippen molar-refractivity contribution >= 4 is 11.6 Å². The minimum Gasteiger partial charge on any atom is -0.494 e. The van der Waals surface area contributed by atoms with Crippen molar-refractivity contribution in [3.05, 3.63) is 48.3 Å². The van der Waals surface area contributed by atoms with Crippen molar-refractivity contribution in [2.24, 2.45) is 0 Å². The molecule has 0 spiro atoms. The topological polar surface area (TPSA) is 108 Å². The van der Waals surface area contributed by atoms with Gasteiger partial charge in [-0.15, -0.1) is 5.10 Å². The van der Waals surface area contributed by atoms with Gasteiger partial charge < -0.3 is 10.1 Å². The normalized spacial score (nSPS) is 13.5. The lowest BCUT2D eigenvalue weighted by Crippen LogP contribution is -2.14. The minimum atomic E-state index is -0.296. The first kappa shape index (κ1) is 15.2. The molecule has 9 nitrogen and oxygen atoms in total. The summed E-state index contributed by atoms with van der Waals surface area (Å²) < 4.78 is 6.85. The van der Waals surface area contributed by atoms with E-state index in [0.717, 1.165) is 24.4 Å². The first-order chi connectivity index (χ1) is 12.2. The van der Waals surface area contributed by atoms with E-state index in [4.69, 9.17) is 4.74 Å². The summed E-state index contributed by atoms with van der Waals surface area (Å²) in [6.45, 7) is 0. The molecular formula is C16H15N7O2. The lowest BCUT2D eigenvalue weighted by Gasteiger charge is -2.11. The number of nitrogens with zero attached hydrogens (tertiary/aromatic N) is 6. The Morgan fingerprint density at radius 1 is 1.28 bits per heavy atom. The molecule has 1 fully saturated rings. The maximum absolute atomic E-state index is 12.4. The molecule has 2 heterocycles. The van der Waals surface area contributed by atoms with Crippen molar-refractivity contribution in [1.82, 2.24) is 30.2 Å².